The predicted octanol–water partition coefficient (Wildman–Crippen LogP) is 2.38. The molecule has 0 spiro atoms. The van der Waals surface area contributed by atoms with Crippen molar-refractivity contribution in [2.45, 2.75) is 19.8 Å². The van der Waals surface area contributed by atoms with Crippen LogP contribution in [-0.2, 0) is 0 Å². The van der Waals surface area contributed by atoms with E-state index in [1.807, 2.05) is 0 Å². The maximum Gasteiger partial charge on any atom is 0.276 e. The molecule has 2 rings (SSSR count). The molecule has 5 nitrogen and oxygen atoms in total. The Morgan fingerprint density at radius 2 is 2.11 bits per heavy atom. The second-order valence-electron chi connectivity index (χ2n) is 4.60. The van der Waals surface area contributed by atoms with Crippen LogP contribution < -0.4 is 4.74 Å². The van der Waals surface area contributed by atoms with Gasteiger partial charge >= 0.3 is 0 Å². The van der Waals surface area contributed by atoms with Gasteiger partial charge in [0.2, 0.25) is 0 Å². The summed E-state index contributed by atoms with van der Waals surface area (Å²) in [5.41, 5.74) is 0.778. The third-order valence-corrected chi connectivity index (χ3v) is 3.25. The van der Waals surface area contributed by atoms with Crippen molar-refractivity contribution in [1.29, 1.82) is 0 Å². The van der Waals surface area contributed by atoms with E-state index < -0.39 is 0 Å². The summed E-state index contributed by atoms with van der Waals surface area (Å²) in [6, 6.07) is 5.01. The molecule has 0 saturated carbocycles. The smallest absolute Gasteiger partial charge is 0.276 e. The van der Waals surface area contributed by atoms with Crippen molar-refractivity contribution in [1.82, 2.24) is 4.90 Å². The summed E-state index contributed by atoms with van der Waals surface area (Å²) >= 11 is 0. The van der Waals surface area contributed by atoms with Crippen molar-refractivity contribution >= 4 is 5.69 Å². The molecule has 1 aromatic carbocycles. The van der Waals surface area contributed by atoms with Crippen LogP contribution >= 0.6 is 0 Å². The molecule has 1 heterocycles. The third-order valence-electron chi connectivity index (χ3n) is 3.25. The maximum absolute atomic E-state index is 10.8. The van der Waals surface area contributed by atoms with Crippen LogP contribution in [0.2, 0.25) is 0 Å². The highest BCUT2D eigenvalue weighted by Gasteiger charge is 2.13. The van der Waals surface area contributed by atoms with Gasteiger partial charge in [0.1, 0.15) is 12.4 Å². The molecular weight excluding hydrogens is 232 g/mol. The third kappa shape index (κ3) is 3.20. The van der Waals surface area contributed by atoms with Crippen LogP contribution in [-0.4, -0.2) is 36.1 Å². The van der Waals surface area contributed by atoms with Crippen molar-refractivity contribution < 1.29 is 9.66 Å². The quantitative estimate of drug-likeness (QED) is 0.594. The molecule has 0 aliphatic carbocycles. The van der Waals surface area contributed by atoms with E-state index in [1.54, 1.807) is 19.1 Å². The van der Waals surface area contributed by atoms with Gasteiger partial charge in [-0.3, -0.25) is 15.0 Å². The molecule has 0 atom stereocenters. The second-order valence-corrected chi connectivity index (χ2v) is 4.60. The molecule has 1 aliphatic heterocycles. The highest BCUT2D eigenvalue weighted by molar-refractivity contribution is 5.45. The minimum Gasteiger partial charge on any atom is -0.492 e. The van der Waals surface area contributed by atoms with Gasteiger partial charge in [0.15, 0.2) is 0 Å². The summed E-state index contributed by atoms with van der Waals surface area (Å²) < 4.78 is 5.57. The fourth-order valence-electron chi connectivity index (χ4n) is 2.17. The minimum atomic E-state index is -0.372. The monoisotopic (exact) mass is 250 g/mol. The summed E-state index contributed by atoms with van der Waals surface area (Å²) in [6.07, 6.45) is 2.52. The number of hydrogen-bond donors (Lipinski definition) is 0. The molecule has 1 aromatic rings. The number of nitrogens with zero attached hydrogens (tertiary/aromatic N) is 2. The van der Waals surface area contributed by atoms with Crippen LogP contribution in [0.1, 0.15) is 18.4 Å². The van der Waals surface area contributed by atoms with Crippen molar-refractivity contribution in [3.63, 3.8) is 0 Å². The minimum absolute atomic E-state index is 0.119. The molecule has 0 radical (unpaired) electrons. The van der Waals surface area contributed by atoms with E-state index in [-0.39, 0.29) is 10.6 Å². The number of rotatable bonds is 5. The van der Waals surface area contributed by atoms with Crippen LogP contribution in [0.3, 0.4) is 0 Å². The summed E-state index contributed by atoms with van der Waals surface area (Å²) in [6.45, 7) is 5.48. The summed E-state index contributed by atoms with van der Waals surface area (Å²) in [5.74, 6) is 0.575. The Kier molecular flexibility index (Phi) is 4.15. The Morgan fingerprint density at radius 1 is 1.39 bits per heavy atom. The van der Waals surface area contributed by atoms with E-state index in [0.717, 1.165) is 19.6 Å². The summed E-state index contributed by atoms with van der Waals surface area (Å²) in [5, 5.41) is 10.8. The van der Waals surface area contributed by atoms with Gasteiger partial charge in [0.05, 0.1) is 11.0 Å². The number of aryl methyl sites for hydroxylation is 1. The van der Waals surface area contributed by atoms with Crippen molar-refractivity contribution in [2.24, 2.45) is 0 Å². The van der Waals surface area contributed by atoms with Crippen LogP contribution in [0.15, 0.2) is 18.2 Å². The second kappa shape index (κ2) is 5.82. The number of likely N-dealkylation sites (tertiary alicyclic amines) is 1. The van der Waals surface area contributed by atoms with Gasteiger partial charge in [-0.2, -0.15) is 0 Å². The molecular formula is C13H18N2O3. The lowest BCUT2D eigenvalue weighted by Gasteiger charge is -2.14. The van der Waals surface area contributed by atoms with E-state index in [4.69, 9.17) is 4.74 Å². The van der Waals surface area contributed by atoms with Crippen molar-refractivity contribution in [3.8, 4) is 5.75 Å². The average molecular weight is 250 g/mol. The molecule has 1 aliphatic rings. The van der Waals surface area contributed by atoms with Gasteiger partial charge in [-0.1, -0.05) is 0 Å². The maximum atomic E-state index is 10.8. The first kappa shape index (κ1) is 12.8. The molecule has 0 N–H and O–H groups in total. The number of nitro groups is 1. The number of ether oxygens (including phenoxy) is 1. The Balaban J connectivity index is 1.88. The first-order valence-corrected chi connectivity index (χ1v) is 6.27. The van der Waals surface area contributed by atoms with E-state index in [2.05, 4.69) is 4.90 Å². The molecule has 0 amide bonds. The topological polar surface area (TPSA) is 55.6 Å². The van der Waals surface area contributed by atoms with Gasteiger partial charge in [0.25, 0.3) is 5.69 Å². The first-order valence-electron chi connectivity index (χ1n) is 6.27. The standard InChI is InChI=1S/C13H18N2O3/c1-11-4-5-12(10-13(11)15(16)17)18-9-8-14-6-2-3-7-14/h4-5,10H,2-3,6-9H2,1H3. The van der Waals surface area contributed by atoms with Gasteiger partial charge in [-0.15, -0.1) is 0 Å². The summed E-state index contributed by atoms with van der Waals surface area (Å²) in [7, 11) is 0. The molecule has 0 aromatic heterocycles. The Labute approximate surface area is 107 Å². The lowest BCUT2D eigenvalue weighted by molar-refractivity contribution is -0.385. The zero-order valence-electron chi connectivity index (χ0n) is 10.6. The zero-order valence-corrected chi connectivity index (χ0v) is 10.6. The SMILES string of the molecule is Cc1ccc(OCCN2CCCC2)cc1[N+](=O)[O-]. The Morgan fingerprint density at radius 3 is 2.78 bits per heavy atom. The molecule has 0 bridgehead atoms. The van der Waals surface area contributed by atoms with Crippen LogP contribution in [0.4, 0.5) is 5.69 Å². The molecule has 1 saturated heterocycles. The summed E-state index contributed by atoms with van der Waals surface area (Å²) in [4.78, 5) is 12.8. The highest BCUT2D eigenvalue weighted by atomic mass is 16.6. The normalized spacial score (nSPS) is 15.8. The van der Waals surface area contributed by atoms with E-state index in [9.17, 15) is 10.1 Å². The average Bonchev–Trinajstić information content (AvgIpc) is 2.84. The van der Waals surface area contributed by atoms with Crippen LogP contribution in [0.5, 0.6) is 5.75 Å². The molecule has 98 valence electrons. The molecule has 5 heteroatoms. The van der Waals surface area contributed by atoms with Crippen LogP contribution in [0, 0.1) is 17.0 Å². The molecule has 0 unspecified atom stereocenters. The number of hydrogen-bond acceptors (Lipinski definition) is 4. The van der Waals surface area contributed by atoms with Gasteiger partial charge in [0, 0.05) is 12.1 Å². The number of benzene rings is 1. The van der Waals surface area contributed by atoms with Gasteiger partial charge < -0.3 is 4.74 Å². The molecule has 1 fully saturated rings. The first-order chi connectivity index (χ1) is 8.66. The predicted molar refractivity (Wildman–Crippen MR) is 69.0 cm³/mol. The highest BCUT2D eigenvalue weighted by Crippen LogP contribution is 2.23. The fourth-order valence-corrected chi connectivity index (χ4v) is 2.17. The van der Waals surface area contributed by atoms with E-state index >= 15 is 0 Å². The van der Waals surface area contributed by atoms with E-state index in [1.165, 1.54) is 18.9 Å². The number of nitro benzene ring substituents is 1. The van der Waals surface area contributed by atoms with Gasteiger partial charge in [-0.05, 0) is 45.0 Å². The largest absolute Gasteiger partial charge is 0.492 e. The van der Waals surface area contributed by atoms with Crippen LogP contribution in [0.25, 0.3) is 0 Å². The Bertz CT molecular complexity index is 428. The molecule has 18 heavy (non-hydrogen) atoms. The van der Waals surface area contributed by atoms with Crippen molar-refractivity contribution in [3.05, 3.63) is 33.9 Å². The van der Waals surface area contributed by atoms with Gasteiger partial charge in [-0.25, -0.2) is 0 Å². The fraction of sp³-hybridized carbons (Fsp3) is 0.538. The lowest BCUT2D eigenvalue weighted by Crippen LogP contribution is -2.25. The zero-order chi connectivity index (χ0) is 13.0. The Hall–Kier alpha value is -1.62. The van der Waals surface area contributed by atoms with Crippen molar-refractivity contribution in [2.75, 3.05) is 26.2 Å². The lowest BCUT2D eigenvalue weighted by atomic mass is 10.2. The van der Waals surface area contributed by atoms with E-state index in [0.29, 0.717) is 17.9 Å².